The van der Waals surface area contributed by atoms with Crippen LogP contribution in [0.4, 0.5) is 26.1 Å². The average molecular weight is 283 g/mol. The van der Waals surface area contributed by atoms with Gasteiger partial charge < -0.3 is 17.7 Å². The standard InChI is InChI=1S/C7H5BF6NO.K/c1-16-6-5(7(9,10)11)4(2-3-15-6)8(12,13)14;/h2-3H,1H3;/q-1;+1. The van der Waals surface area contributed by atoms with E-state index in [-0.39, 0.29) is 57.5 Å². The molecule has 0 bridgehead atoms. The Morgan fingerprint density at radius 2 is 1.76 bits per heavy atom. The van der Waals surface area contributed by atoms with Crippen molar-refractivity contribution in [2.45, 2.75) is 6.18 Å². The Balaban J connectivity index is 0.00000256. The normalized spacial score (nSPS) is 11.9. The minimum absolute atomic E-state index is 0. The fourth-order valence-corrected chi connectivity index (χ4v) is 1.17. The third-order valence-electron chi connectivity index (χ3n) is 1.78. The topological polar surface area (TPSA) is 22.1 Å². The van der Waals surface area contributed by atoms with Gasteiger partial charge in [-0.3, -0.25) is 0 Å². The van der Waals surface area contributed by atoms with E-state index in [0.29, 0.717) is 6.20 Å². The second-order valence-electron chi connectivity index (χ2n) is 2.86. The molecule has 0 amide bonds. The van der Waals surface area contributed by atoms with Gasteiger partial charge in [0.15, 0.2) is 0 Å². The molecule has 0 aliphatic rings. The second-order valence-corrected chi connectivity index (χ2v) is 2.86. The Hall–Kier alpha value is 0.231. The molecule has 1 rings (SSSR count). The monoisotopic (exact) mass is 283 g/mol. The molecule has 0 radical (unpaired) electrons. The molecular weight excluding hydrogens is 278 g/mol. The van der Waals surface area contributed by atoms with Crippen LogP contribution >= 0.6 is 0 Å². The van der Waals surface area contributed by atoms with Gasteiger partial charge in [0.2, 0.25) is 5.88 Å². The zero-order chi connectivity index (χ0) is 12.6. The van der Waals surface area contributed by atoms with Crippen LogP contribution in [0.5, 0.6) is 5.88 Å². The maximum absolute atomic E-state index is 12.4. The molecular formula is C7H5BF6KNO. The van der Waals surface area contributed by atoms with Gasteiger partial charge >= 0.3 is 64.5 Å². The van der Waals surface area contributed by atoms with Crippen LogP contribution in [0.15, 0.2) is 12.3 Å². The number of ether oxygens (including phenoxy) is 1. The summed E-state index contributed by atoms with van der Waals surface area (Å²) in [5.41, 5.74) is -3.63. The van der Waals surface area contributed by atoms with Crippen molar-refractivity contribution < 1.29 is 82.2 Å². The fourth-order valence-electron chi connectivity index (χ4n) is 1.17. The molecule has 0 atom stereocenters. The predicted molar refractivity (Wildman–Crippen MR) is 44.5 cm³/mol. The van der Waals surface area contributed by atoms with Gasteiger partial charge in [-0.15, -0.1) is 0 Å². The van der Waals surface area contributed by atoms with Crippen LogP contribution in [-0.4, -0.2) is 19.1 Å². The first-order valence-corrected chi connectivity index (χ1v) is 3.98. The summed E-state index contributed by atoms with van der Waals surface area (Å²) < 4.78 is 78.6. The Kier molecular flexibility index (Phi) is 6.00. The third-order valence-corrected chi connectivity index (χ3v) is 1.78. The van der Waals surface area contributed by atoms with E-state index in [1.807, 2.05) is 0 Å². The molecule has 1 aromatic heterocycles. The van der Waals surface area contributed by atoms with E-state index in [1.165, 1.54) is 0 Å². The van der Waals surface area contributed by atoms with Gasteiger partial charge in [0, 0.05) is 6.20 Å². The zero-order valence-corrected chi connectivity index (χ0v) is 12.0. The van der Waals surface area contributed by atoms with Gasteiger partial charge in [0.1, 0.15) is 0 Å². The van der Waals surface area contributed by atoms with Crippen LogP contribution < -0.4 is 61.6 Å². The van der Waals surface area contributed by atoms with E-state index in [4.69, 9.17) is 0 Å². The maximum atomic E-state index is 12.4. The van der Waals surface area contributed by atoms with Crippen molar-refractivity contribution in [2.75, 3.05) is 7.11 Å². The number of rotatable bonds is 2. The van der Waals surface area contributed by atoms with Crippen LogP contribution in [0.3, 0.4) is 0 Å². The zero-order valence-electron chi connectivity index (χ0n) is 8.86. The number of methoxy groups -OCH3 is 1. The molecule has 2 nitrogen and oxygen atoms in total. The summed E-state index contributed by atoms with van der Waals surface area (Å²) in [6.45, 7) is -5.77. The number of nitrogens with zero attached hydrogens (tertiary/aromatic N) is 1. The summed E-state index contributed by atoms with van der Waals surface area (Å²) in [6, 6.07) is 0.283. The number of halogens is 6. The van der Waals surface area contributed by atoms with E-state index >= 15 is 0 Å². The van der Waals surface area contributed by atoms with Crippen molar-refractivity contribution in [1.29, 1.82) is 0 Å². The van der Waals surface area contributed by atoms with E-state index in [0.717, 1.165) is 7.11 Å². The molecule has 0 aliphatic heterocycles. The molecule has 10 heteroatoms. The average Bonchev–Trinajstić information content (AvgIpc) is 2.13. The SMILES string of the molecule is COc1nccc([B-](F)(F)F)c1C(F)(F)F.[K+]. The summed E-state index contributed by atoms with van der Waals surface area (Å²) in [5.74, 6) is -1.08. The first-order chi connectivity index (χ1) is 7.18. The van der Waals surface area contributed by atoms with Gasteiger partial charge in [-0.2, -0.15) is 13.2 Å². The van der Waals surface area contributed by atoms with Crippen LogP contribution in [-0.2, 0) is 6.18 Å². The van der Waals surface area contributed by atoms with Gasteiger partial charge in [-0.05, 0) is 0 Å². The Morgan fingerprint density at radius 3 is 2.12 bits per heavy atom. The first kappa shape index (κ1) is 17.2. The molecule has 90 valence electrons. The molecule has 0 saturated heterocycles. The Labute approximate surface area is 135 Å². The number of hydrogen-bond donors (Lipinski definition) is 0. The van der Waals surface area contributed by atoms with Gasteiger partial charge in [-0.1, -0.05) is 11.5 Å². The second kappa shape index (κ2) is 5.91. The minimum atomic E-state index is -5.77. The molecule has 0 aromatic carbocycles. The fraction of sp³-hybridized carbons (Fsp3) is 0.286. The van der Waals surface area contributed by atoms with Crippen molar-refractivity contribution in [3.8, 4) is 5.88 Å². The molecule has 0 aliphatic carbocycles. The summed E-state index contributed by atoms with van der Waals surface area (Å²) >= 11 is 0. The molecule has 0 fully saturated rings. The molecule has 0 unspecified atom stereocenters. The van der Waals surface area contributed by atoms with Crippen LogP contribution in [0.25, 0.3) is 0 Å². The summed E-state index contributed by atoms with van der Waals surface area (Å²) in [7, 11) is 0.824. The number of alkyl halides is 3. The van der Waals surface area contributed by atoms with Gasteiger partial charge in [0.05, 0.1) is 12.7 Å². The molecule has 1 aromatic rings. The van der Waals surface area contributed by atoms with Crippen LogP contribution in [0.2, 0.25) is 0 Å². The number of pyridine rings is 1. The molecule has 0 saturated carbocycles. The summed E-state index contributed by atoms with van der Waals surface area (Å²) in [6.07, 6.45) is -4.54. The molecule has 0 N–H and O–H groups in total. The number of aromatic nitrogens is 1. The largest absolute Gasteiger partial charge is 1.00 e. The molecule has 17 heavy (non-hydrogen) atoms. The van der Waals surface area contributed by atoms with E-state index in [2.05, 4.69) is 9.72 Å². The Bertz CT molecular complexity index is 393. The Morgan fingerprint density at radius 1 is 1.24 bits per heavy atom. The van der Waals surface area contributed by atoms with Crippen molar-refractivity contribution in [1.82, 2.24) is 4.98 Å². The predicted octanol–water partition coefficient (Wildman–Crippen LogP) is -0.833. The van der Waals surface area contributed by atoms with E-state index < -0.39 is 30.1 Å². The van der Waals surface area contributed by atoms with Crippen LogP contribution in [0.1, 0.15) is 5.56 Å². The van der Waals surface area contributed by atoms with Gasteiger partial charge in [0.25, 0.3) is 0 Å². The maximum Gasteiger partial charge on any atom is 1.00 e. The third kappa shape index (κ3) is 4.12. The van der Waals surface area contributed by atoms with E-state index in [1.54, 1.807) is 0 Å². The quantitative estimate of drug-likeness (QED) is 0.522. The summed E-state index contributed by atoms with van der Waals surface area (Å²) in [4.78, 5) is 3.11. The smallest absolute Gasteiger partial charge is 0.481 e. The molecule has 0 spiro atoms. The van der Waals surface area contributed by atoms with Crippen molar-refractivity contribution in [3.05, 3.63) is 17.8 Å². The van der Waals surface area contributed by atoms with Gasteiger partial charge in [-0.25, -0.2) is 4.98 Å². The van der Waals surface area contributed by atoms with Crippen molar-refractivity contribution in [2.24, 2.45) is 0 Å². The van der Waals surface area contributed by atoms with Crippen LogP contribution in [0, 0.1) is 0 Å². The first-order valence-electron chi connectivity index (χ1n) is 3.98. The van der Waals surface area contributed by atoms with Crippen molar-refractivity contribution in [3.63, 3.8) is 0 Å². The minimum Gasteiger partial charge on any atom is -0.481 e. The van der Waals surface area contributed by atoms with Crippen molar-refractivity contribution >= 4 is 12.4 Å². The molecule has 1 heterocycles. The van der Waals surface area contributed by atoms with E-state index in [9.17, 15) is 26.1 Å². The number of hydrogen-bond acceptors (Lipinski definition) is 2. The summed E-state index contributed by atoms with van der Waals surface area (Å²) in [5, 5.41) is 0.